The minimum Gasteiger partial charge on any atom is -0.370 e. The third-order valence-corrected chi connectivity index (χ3v) is 4.58. The molecule has 0 amide bonds. The fraction of sp³-hybridized carbons (Fsp3) is 1.00. The van der Waals surface area contributed by atoms with E-state index in [-0.39, 0.29) is 5.60 Å². The summed E-state index contributed by atoms with van der Waals surface area (Å²) in [5.41, 5.74) is 0.369. The highest BCUT2D eigenvalue weighted by Gasteiger charge is 2.36. The minimum atomic E-state index is -0.0175. The zero-order valence-corrected chi connectivity index (χ0v) is 14.8. The molecular formula is C17H36N2O. The summed E-state index contributed by atoms with van der Waals surface area (Å²) in [4.78, 5) is 2.61. The number of nitrogens with one attached hydrogen (secondary N) is 1. The van der Waals surface area contributed by atoms with Crippen molar-refractivity contribution >= 4 is 0 Å². The maximum absolute atomic E-state index is 6.03. The Kier molecular flexibility index (Phi) is 6.49. The van der Waals surface area contributed by atoms with Gasteiger partial charge in [-0.25, -0.2) is 0 Å². The molecule has 0 aliphatic carbocycles. The van der Waals surface area contributed by atoms with E-state index in [9.17, 15) is 0 Å². The summed E-state index contributed by atoms with van der Waals surface area (Å²) in [7, 11) is 0. The highest BCUT2D eigenvalue weighted by molar-refractivity contribution is 4.89. The summed E-state index contributed by atoms with van der Waals surface area (Å²) in [6.45, 7) is 20.1. The lowest BCUT2D eigenvalue weighted by atomic mass is 9.81. The first-order valence-corrected chi connectivity index (χ1v) is 8.35. The average molecular weight is 284 g/mol. The molecule has 0 spiro atoms. The van der Waals surface area contributed by atoms with E-state index in [0.717, 1.165) is 19.6 Å². The second-order valence-corrected chi connectivity index (χ2v) is 7.60. The van der Waals surface area contributed by atoms with Gasteiger partial charge in [0.25, 0.3) is 0 Å². The van der Waals surface area contributed by atoms with Crippen LogP contribution in [0.15, 0.2) is 0 Å². The fourth-order valence-corrected chi connectivity index (χ4v) is 3.38. The number of morpholine rings is 1. The molecule has 3 nitrogen and oxygen atoms in total. The summed E-state index contributed by atoms with van der Waals surface area (Å²) in [6, 6.07) is 0.563. The van der Waals surface area contributed by atoms with Gasteiger partial charge >= 0.3 is 0 Å². The van der Waals surface area contributed by atoms with Crippen molar-refractivity contribution in [1.82, 2.24) is 10.2 Å². The Morgan fingerprint density at radius 3 is 2.35 bits per heavy atom. The van der Waals surface area contributed by atoms with Crippen LogP contribution in [-0.4, -0.2) is 48.8 Å². The first-order chi connectivity index (χ1) is 9.22. The topological polar surface area (TPSA) is 24.5 Å². The van der Waals surface area contributed by atoms with Gasteiger partial charge in [0.1, 0.15) is 0 Å². The van der Waals surface area contributed by atoms with Gasteiger partial charge in [-0.05, 0) is 39.0 Å². The molecule has 1 rings (SSSR count). The summed E-state index contributed by atoms with van der Waals surface area (Å²) < 4.78 is 6.03. The van der Waals surface area contributed by atoms with Crippen LogP contribution in [0.1, 0.15) is 61.3 Å². The average Bonchev–Trinajstić information content (AvgIpc) is 2.32. The molecule has 20 heavy (non-hydrogen) atoms. The summed E-state index contributed by atoms with van der Waals surface area (Å²) in [6.07, 6.45) is 2.80. The number of rotatable bonds is 7. The molecule has 0 aromatic rings. The lowest BCUT2D eigenvalue weighted by molar-refractivity contribution is -0.135. The van der Waals surface area contributed by atoms with Crippen molar-refractivity contribution in [3.63, 3.8) is 0 Å². The van der Waals surface area contributed by atoms with E-state index in [1.54, 1.807) is 0 Å². The van der Waals surface area contributed by atoms with E-state index in [1.165, 1.54) is 19.4 Å². The quantitative estimate of drug-likeness (QED) is 0.776. The maximum atomic E-state index is 6.03. The van der Waals surface area contributed by atoms with Gasteiger partial charge in [0.15, 0.2) is 0 Å². The van der Waals surface area contributed by atoms with E-state index in [0.29, 0.717) is 17.6 Å². The monoisotopic (exact) mass is 284 g/mol. The molecule has 1 heterocycles. The van der Waals surface area contributed by atoms with Crippen molar-refractivity contribution in [2.24, 2.45) is 5.41 Å². The van der Waals surface area contributed by atoms with E-state index >= 15 is 0 Å². The Hall–Kier alpha value is -0.120. The Labute approximate surface area is 126 Å². The van der Waals surface area contributed by atoms with Crippen molar-refractivity contribution in [3.05, 3.63) is 0 Å². The molecule has 0 radical (unpaired) electrons. The van der Waals surface area contributed by atoms with E-state index < -0.39 is 0 Å². The SMILES string of the molecule is CCC(CC)(CNC(C)C)CN1CC(C)OC(C)(C)C1. The molecule has 1 N–H and O–H groups in total. The second-order valence-electron chi connectivity index (χ2n) is 7.60. The Morgan fingerprint density at radius 2 is 1.90 bits per heavy atom. The van der Waals surface area contributed by atoms with Gasteiger partial charge in [-0.15, -0.1) is 0 Å². The van der Waals surface area contributed by atoms with Gasteiger partial charge in [0.2, 0.25) is 0 Å². The van der Waals surface area contributed by atoms with Crippen LogP contribution < -0.4 is 5.32 Å². The van der Waals surface area contributed by atoms with Gasteiger partial charge in [-0.3, -0.25) is 4.90 Å². The molecule has 1 aliphatic heterocycles. The highest BCUT2D eigenvalue weighted by atomic mass is 16.5. The molecule has 0 aromatic heterocycles. The third kappa shape index (κ3) is 5.34. The zero-order valence-electron chi connectivity index (χ0n) is 14.8. The van der Waals surface area contributed by atoms with E-state index in [2.05, 4.69) is 58.7 Å². The van der Waals surface area contributed by atoms with Crippen molar-refractivity contribution in [3.8, 4) is 0 Å². The van der Waals surface area contributed by atoms with E-state index in [1.807, 2.05) is 0 Å². The molecule has 120 valence electrons. The van der Waals surface area contributed by atoms with Crippen molar-refractivity contribution < 1.29 is 4.74 Å². The molecule has 0 saturated carbocycles. The molecule has 0 aromatic carbocycles. The van der Waals surface area contributed by atoms with Crippen LogP contribution >= 0.6 is 0 Å². The van der Waals surface area contributed by atoms with E-state index in [4.69, 9.17) is 4.74 Å². The van der Waals surface area contributed by atoms with Crippen LogP contribution in [0.25, 0.3) is 0 Å². The summed E-state index contributed by atoms with van der Waals surface area (Å²) in [5, 5.41) is 3.65. The van der Waals surface area contributed by atoms with Crippen LogP contribution in [0.4, 0.5) is 0 Å². The molecule has 1 unspecified atom stereocenters. The van der Waals surface area contributed by atoms with Crippen molar-refractivity contribution in [2.75, 3.05) is 26.2 Å². The summed E-state index contributed by atoms with van der Waals surface area (Å²) >= 11 is 0. The highest BCUT2D eigenvalue weighted by Crippen LogP contribution is 2.30. The standard InChI is InChI=1S/C17H36N2O/c1-8-17(9-2,11-18-14(3)4)13-19-10-15(5)20-16(6,7)12-19/h14-15,18H,8-13H2,1-7H3. The maximum Gasteiger partial charge on any atom is 0.0757 e. The van der Waals surface area contributed by atoms with Gasteiger partial charge in [0, 0.05) is 32.2 Å². The largest absolute Gasteiger partial charge is 0.370 e. The van der Waals surface area contributed by atoms with Crippen molar-refractivity contribution in [1.29, 1.82) is 0 Å². The van der Waals surface area contributed by atoms with Gasteiger partial charge in [-0.1, -0.05) is 27.7 Å². The predicted octanol–water partition coefficient (Wildman–Crippen LogP) is 3.29. The lowest BCUT2D eigenvalue weighted by Gasteiger charge is -2.46. The minimum absolute atomic E-state index is 0.0175. The van der Waals surface area contributed by atoms with Gasteiger partial charge in [0.05, 0.1) is 11.7 Å². The molecule has 1 saturated heterocycles. The fourth-order valence-electron chi connectivity index (χ4n) is 3.38. The molecule has 1 fully saturated rings. The molecular weight excluding hydrogens is 248 g/mol. The van der Waals surface area contributed by atoms with Gasteiger partial charge < -0.3 is 10.1 Å². The summed E-state index contributed by atoms with van der Waals surface area (Å²) in [5.74, 6) is 0. The van der Waals surface area contributed by atoms with Crippen LogP contribution in [0.5, 0.6) is 0 Å². The second kappa shape index (κ2) is 7.24. The van der Waals surface area contributed by atoms with Crippen LogP contribution in [0, 0.1) is 5.41 Å². The van der Waals surface area contributed by atoms with Gasteiger partial charge in [-0.2, -0.15) is 0 Å². The molecule has 1 atom stereocenters. The Bertz CT molecular complexity index is 285. The Balaban J connectivity index is 2.69. The number of hydrogen-bond donors (Lipinski definition) is 1. The first kappa shape index (κ1) is 17.9. The molecule has 3 heteroatoms. The van der Waals surface area contributed by atoms with Crippen molar-refractivity contribution in [2.45, 2.75) is 79.1 Å². The zero-order chi connectivity index (χ0) is 15.4. The number of hydrogen-bond acceptors (Lipinski definition) is 3. The normalized spacial score (nSPS) is 24.3. The lowest BCUT2D eigenvalue weighted by Crippen LogP contribution is -2.55. The Morgan fingerprint density at radius 1 is 1.30 bits per heavy atom. The van der Waals surface area contributed by atoms with Crippen LogP contribution in [0.2, 0.25) is 0 Å². The predicted molar refractivity (Wildman–Crippen MR) is 87.2 cm³/mol. The molecule has 1 aliphatic rings. The molecule has 0 bridgehead atoms. The number of ether oxygens (including phenoxy) is 1. The first-order valence-electron chi connectivity index (χ1n) is 8.35. The van der Waals surface area contributed by atoms with Crippen LogP contribution in [0.3, 0.4) is 0 Å². The number of nitrogens with zero attached hydrogens (tertiary/aromatic N) is 1. The smallest absolute Gasteiger partial charge is 0.0757 e. The third-order valence-electron chi connectivity index (χ3n) is 4.58. The van der Waals surface area contributed by atoms with Crippen LogP contribution in [-0.2, 0) is 4.74 Å².